The van der Waals surface area contributed by atoms with Crippen LogP contribution < -0.4 is 10.1 Å². The second kappa shape index (κ2) is 6.00. The summed E-state index contributed by atoms with van der Waals surface area (Å²) in [6, 6.07) is 15.1. The number of anilines is 1. The van der Waals surface area contributed by atoms with Gasteiger partial charge in [-0.1, -0.05) is 36.4 Å². The van der Waals surface area contributed by atoms with Gasteiger partial charge >= 0.3 is 0 Å². The van der Waals surface area contributed by atoms with Crippen LogP contribution in [0.5, 0.6) is 5.75 Å². The molecule has 124 valence electrons. The van der Waals surface area contributed by atoms with Crippen LogP contribution in [0.25, 0.3) is 0 Å². The van der Waals surface area contributed by atoms with Crippen molar-refractivity contribution in [1.82, 2.24) is 4.90 Å². The van der Waals surface area contributed by atoms with Crippen molar-refractivity contribution in [2.75, 3.05) is 12.4 Å². The van der Waals surface area contributed by atoms with E-state index in [4.69, 9.17) is 4.74 Å². The lowest BCUT2D eigenvalue weighted by Gasteiger charge is -2.36. The number of rotatable bonds is 3. The summed E-state index contributed by atoms with van der Waals surface area (Å²) in [5.74, 6) is -0.329. The van der Waals surface area contributed by atoms with Crippen molar-refractivity contribution in [3.05, 3.63) is 59.7 Å². The molecule has 0 aliphatic carbocycles. The SMILES string of the molecule is Cc1ccc2c(c1)NC(=O)C(C)(C(=O)N(C)Cc1ccccc1)O2. The van der Waals surface area contributed by atoms with Crippen molar-refractivity contribution in [1.29, 1.82) is 0 Å². The minimum Gasteiger partial charge on any atom is -0.466 e. The highest BCUT2D eigenvalue weighted by atomic mass is 16.5. The molecule has 2 aromatic carbocycles. The van der Waals surface area contributed by atoms with Gasteiger partial charge in [-0.2, -0.15) is 0 Å². The second-order valence-electron chi connectivity index (χ2n) is 6.24. The highest BCUT2D eigenvalue weighted by Gasteiger charge is 2.48. The fourth-order valence-electron chi connectivity index (χ4n) is 2.77. The van der Waals surface area contributed by atoms with Gasteiger partial charge in [0.1, 0.15) is 5.75 Å². The van der Waals surface area contributed by atoms with Crippen LogP contribution in [0.2, 0.25) is 0 Å². The maximum atomic E-state index is 12.9. The summed E-state index contributed by atoms with van der Waals surface area (Å²) < 4.78 is 5.80. The molecule has 5 nitrogen and oxygen atoms in total. The fourth-order valence-corrected chi connectivity index (χ4v) is 2.77. The number of hydrogen-bond donors (Lipinski definition) is 1. The first-order valence-corrected chi connectivity index (χ1v) is 7.81. The van der Waals surface area contributed by atoms with Gasteiger partial charge in [-0.15, -0.1) is 0 Å². The van der Waals surface area contributed by atoms with Crippen molar-refractivity contribution in [3.63, 3.8) is 0 Å². The lowest BCUT2D eigenvalue weighted by atomic mass is 10.00. The zero-order chi connectivity index (χ0) is 17.3. The number of aryl methyl sites for hydroxylation is 1. The molecule has 2 aromatic rings. The van der Waals surface area contributed by atoms with E-state index in [1.165, 1.54) is 11.8 Å². The second-order valence-corrected chi connectivity index (χ2v) is 6.24. The zero-order valence-electron chi connectivity index (χ0n) is 14.0. The first kappa shape index (κ1) is 16.1. The molecule has 0 bridgehead atoms. The molecule has 0 aromatic heterocycles. The number of carbonyl (C=O) groups excluding carboxylic acids is 2. The summed E-state index contributed by atoms with van der Waals surface area (Å²) in [4.78, 5) is 26.9. The topological polar surface area (TPSA) is 58.6 Å². The Labute approximate surface area is 141 Å². The number of likely N-dealkylation sites (N-methyl/N-ethyl adjacent to an activating group) is 1. The van der Waals surface area contributed by atoms with Gasteiger partial charge in [0.05, 0.1) is 5.69 Å². The average molecular weight is 324 g/mol. The van der Waals surface area contributed by atoms with Crippen LogP contribution in [-0.4, -0.2) is 29.4 Å². The lowest BCUT2D eigenvalue weighted by Crippen LogP contribution is -2.58. The number of amides is 2. The molecule has 1 heterocycles. The van der Waals surface area contributed by atoms with E-state index < -0.39 is 11.5 Å². The van der Waals surface area contributed by atoms with Crippen LogP contribution >= 0.6 is 0 Å². The molecule has 0 saturated heterocycles. The summed E-state index contributed by atoms with van der Waals surface area (Å²) in [5, 5.41) is 2.78. The number of benzene rings is 2. The summed E-state index contributed by atoms with van der Waals surface area (Å²) in [7, 11) is 1.67. The average Bonchev–Trinajstić information content (AvgIpc) is 2.56. The van der Waals surface area contributed by atoms with E-state index in [2.05, 4.69) is 5.32 Å². The number of nitrogens with one attached hydrogen (secondary N) is 1. The lowest BCUT2D eigenvalue weighted by molar-refractivity contribution is -0.154. The van der Waals surface area contributed by atoms with Gasteiger partial charge in [-0.25, -0.2) is 0 Å². The van der Waals surface area contributed by atoms with E-state index in [1.807, 2.05) is 49.4 Å². The molecule has 2 amide bonds. The molecule has 3 rings (SSSR count). The molecule has 1 aliphatic heterocycles. The number of nitrogens with zero attached hydrogens (tertiary/aromatic N) is 1. The molecule has 1 unspecified atom stereocenters. The maximum absolute atomic E-state index is 12.9. The van der Waals surface area contributed by atoms with Crippen molar-refractivity contribution >= 4 is 17.5 Å². The molecular formula is C19H20N2O3. The van der Waals surface area contributed by atoms with Crippen LogP contribution in [0.15, 0.2) is 48.5 Å². The third-order valence-corrected chi connectivity index (χ3v) is 4.15. The first-order valence-electron chi connectivity index (χ1n) is 7.81. The summed E-state index contributed by atoms with van der Waals surface area (Å²) >= 11 is 0. The Morgan fingerprint density at radius 2 is 1.92 bits per heavy atom. The van der Waals surface area contributed by atoms with Crippen LogP contribution in [0, 0.1) is 6.92 Å². The summed E-state index contributed by atoms with van der Waals surface area (Å²) in [5.41, 5.74) is 1.01. The third-order valence-electron chi connectivity index (χ3n) is 4.15. The van der Waals surface area contributed by atoms with Crippen LogP contribution in [0.3, 0.4) is 0 Å². The van der Waals surface area contributed by atoms with E-state index >= 15 is 0 Å². The highest BCUT2D eigenvalue weighted by molar-refractivity contribution is 6.15. The molecule has 0 radical (unpaired) electrons. The Morgan fingerprint density at radius 1 is 1.21 bits per heavy atom. The number of fused-ring (bicyclic) bond motifs is 1. The van der Waals surface area contributed by atoms with E-state index in [0.29, 0.717) is 18.0 Å². The smallest absolute Gasteiger partial charge is 0.278 e. The van der Waals surface area contributed by atoms with E-state index in [1.54, 1.807) is 13.1 Å². The molecule has 0 fully saturated rings. The Hall–Kier alpha value is -2.82. The molecule has 1 N–H and O–H groups in total. The molecule has 1 aliphatic rings. The minimum absolute atomic E-state index is 0.380. The quantitative estimate of drug-likeness (QED) is 0.883. The molecule has 5 heteroatoms. The van der Waals surface area contributed by atoms with Gasteiger partial charge in [0.25, 0.3) is 17.4 Å². The van der Waals surface area contributed by atoms with E-state index in [9.17, 15) is 9.59 Å². The number of ether oxygens (including phenoxy) is 1. The monoisotopic (exact) mass is 324 g/mol. The Bertz CT molecular complexity index is 788. The van der Waals surface area contributed by atoms with Crippen LogP contribution in [-0.2, 0) is 16.1 Å². The predicted octanol–water partition coefficient (Wildman–Crippen LogP) is 2.74. The Balaban J connectivity index is 1.83. The van der Waals surface area contributed by atoms with Gasteiger partial charge in [-0.05, 0) is 37.1 Å². The molecule has 0 saturated carbocycles. The number of carbonyl (C=O) groups is 2. The van der Waals surface area contributed by atoms with Crippen molar-refractivity contribution in [3.8, 4) is 5.75 Å². The predicted molar refractivity (Wildman–Crippen MR) is 91.8 cm³/mol. The molecule has 24 heavy (non-hydrogen) atoms. The van der Waals surface area contributed by atoms with Crippen LogP contribution in [0.1, 0.15) is 18.1 Å². The van der Waals surface area contributed by atoms with Crippen LogP contribution in [0.4, 0.5) is 5.69 Å². The van der Waals surface area contributed by atoms with Crippen molar-refractivity contribution in [2.45, 2.75) is 26.0 Å². The Morgan fingerprint density at radius 3 is 2.62 bits per heavy atom. The maximum Gasteiger partial charge on any atom is 0.278 e. The van der Waals surface area contributed by atoms with Crippen molar-refractivity contribution in [2.24, 2.45) is 0 Å². The summed E-state index contributed by atoms with van der Waals surface area (Å²) in [6.07, 6.45) is 0. The minimum atomic E-state index is -1.58. The fraction of sp³-hybridized carbons (Fsp3) is 0.263. The first-order chi connectivity index (χ1) is 11.4. The van der Waals surface area contributed by atoms with Gasteiger partial charge in [-0.3, -0.25) is 9.59 Å². The number of hydrogen-bond acceptors (Lipinski definition) is 3. The van der Waals surface area contributed by atoms with E-state index in [-0.39, 0.29) is 5.91 Å². The largest absolute Gasteiger partial charge is 0.466 e. The van der Waals surface area contributed by atoms with Gasteiger partial charge in [0, 0.05) is 13.6 Å². The van der Waals surface area contributed by atoms with E-state index in [0.717, 1.165) is 11.1 Å². The summed E-state index contributed by atoms with van der Waals surface area (Å²) in [6.45, 7) is 3.85. The molecular weight excluding hydrogens is 304 g/mol. The van der Waals surface area contributed by atoms with Crippen molar-refractivity contribution < 1.29 is 14.3 Å². The van der Waals surface area contributed by atoms with Gasteiger partial charge < -0.3 is 15.0 Å². The van der Waals surface area contributed by atoms with Gasteiger partial charge in [0.15, 0.2) is 0 Å². The highest BCUT2D eigenvalue weighted by Crippen LogP contribution is 2.35. The molecule has 0 spiro atoms. The standard InChI is InChI=1S/C19H20N2O3/c1-13-9-10-16-15(11-13)20-17(22)19(2,24-16)18(23)21(3)12-14-7-5-4-6-8-14/h4-11H,12H2,1-3H3,(H,20,22). The normalized spacial score (nSPS) is 19.0. The Kier molecular flexibility index (Phi) is 4.01. The zero-order valence-corrected chi connectivity index (χ0v) is 14.0. The molecule has 1 atom stereocenters. The third kappa shape index (κ3) is 2.85. The van der Waals surface area contributed by atoms with Gasteiger partial charge in [0.2, 0.25) is 0 Å².